The Labute approximate surface area is 139 Å². The van der Waals surface area contributed by atoms with Crippen molar-refractivity contribution in [3.05, 3.63) is 0 Å². The topological polar surface area (TPSA) is 9.72 Å². The summed E-state index contributed by atoms with van der Waals surface area (Å²) in [6.45, 7) is 25.4. The summed E-state index contributed by atoms with van der Waals surface area (Å²) in [4.78, 5) is 8.01. The first kappa shape index (κ1) is 18.2. The highest BCUT2D eigenvalue weighted by Gasteiger charge is 2.36. The fraction of sp³-hybridized carbons (Fsp3) is 1.00. The molecule has 3 heteroatoms. The number of hydrogen-bond acceptors (Lipinski definition) is 3. The summed E-state index contributed by atoms with van der Waals surface area (Å²) in [5.74, 6) is 0. The van der Waals surface area contributed by atoms with Crippen molar-refractivity contribution in [1.29, 1.82) is 0 Å². The molecule has 2 heterocycles. The second kappa shape index (κ2) is 6.41. The van der Waals surface area contributed by atoms with Crippen LogP contribution in [-0.2, 0) is 0 Å². The van der Waals surface area contributed by atoms with Crippen LogP contribution in [0.4, 0.5) is 0 Å². The first-order valence-electron chi connectivity index (χ1n) is 9.22. The molecule has 0 spiro atoms. The molecule has 2 aliphatic rings. The van der Waals surface area contributed by atoms with E-state index in [4.69, 9.17) is 0 Å². The van der Waals surface area contributed by atoms with E-state index in [1.807, 2.05) is 0 Å². The molecule has 0 atom stereocenters. The molecule has 0 radical (unpaired) electrons. The van der Waals surface area contributed by atoms with E-state index in [9.17, 15) is 0 Å². The Morgan fingerprint density at radius 3 is 1.50 bits per heavy atom. The molecule has 0 N–H and O–H groups in total. The van der Waals surface area contributed by atoms with Gasteiger partial charge < -0.3 is 4.90 Å². The number of hydrogen-bond donors (Lipinski definition) is 0. The van der Waals surface area contributed by atoms with Crippen LogP contribution in [0.15, 0.2) is 0 Å². The van der Waals surface area contributed by atoms with Crippen LogP contribution in [0, 0.1) is 5.41 Å². The van der Waals surface area contributed by atoms with E-state index in [1.165, 1.54) is 58.7 Å². The minimum atomic E-state index is 0.327. The number of likely N-dealkylation sites (tertiary alicyclic amines) is 1. The van der Waals surface area contributed by atoms with Gasteiger partial charge in [-0.25, -0.2) is 0 Å². The average Bonchev–Trinajstić information content (AvgIpc) is 2.37. The van der Waals surface area contributed by atoms with Crippen molar-refractivity contribution in [2.75, 3.05) is 45.8 Å². The molecule has 0 aromatic heterocycles. The van der Waals surface area contributed by atoms with Crippen molar-refractivity contribution in [3.63, 3.8) is 0 Å². The van der Waals surface area contributed by atoms with Gasteiger partial charge >= 0.3 is 0 Å². The van der Waals surface area contributed by atoms with Crippen molar-refractivity contribution in [2.45, 2.75) is 72.4 Å². The van der Waals surface area contributed by atoms with Crippen LogP contribution < -0.4 is 0 Å². The van der Waals surface area contributed by atoms with Crippen molar-refractivity contribution >= 4 is 0 Å². The molecule has 0 aliphatic carbocycles. The molecule has 2 saturated heterocycles. The summed E-state index contributed by atoms with van der Waals surface area (Å²) in [6, 6.07) is 0. The van der Waals surface area contributed by atoms with E-state index in [1.54, 1.807) is 0 Å². The first-order valence-corrected chi connectivity index (χ1v) is 9.22. The lowest BCUT2D eigenvalue weighted by Crippen LogP contribution is -2.56. The van der Waals surface area contributed by atoms with Crippen molar-refractivity contribution in [3.8, 4) is 0 Å². The number of piperazine rings is 1. The zero-order chi connectivity index (χ0) is 16.6. The van der Waals surface area contributed by atoms with Gasteiger partial charge in [0.1, 0.15) is 0 Å². The fourth-order valence-corrected chi connectivity index (χ4v) is 3.99. The van der Waals surface area contributed by atoms with Gasteiger partial charge in [0.25, 0.3) is 0 Å². The molecule has 0 aromatic carbocycles. The van der Waals surface area contributed by atoms with E-state index >= 15 is 0 Å². The molecule has 0 aromatic rings. The van der Waals surface area contributed by atoms with Crippen molar-refractivity contribution in [2.24, 2.45) is 5.41 Å². The van der Waals surface area contributed by atoms with Gasteiger partial charge in [0, 0.05) is 43.8 Å². The predicted octanol–water partition coefficient (Wildman–Crippen LogP) is 3.30. The molecule has 0 saturated carbocycles. The summed E-state index contributed by atoms with van der Waals surface area (Å²) in [6.07, 6.45) is 2.70. The quantitative estimate of drug-likeness (QED) is 0.775. The van der Waals surface area contributed by atoms with Crippen molar-refractivity contribution in [1.82, 2.24) is 14.7 Å². The molecule has 22 heavy (non-hydrogen) atoms. The zero-order valence-corrected chi connectivity index (χ0v) is 16.2. The third-order valence-corrected chi connectivity index (χ3v) is 5.85. The minimum Gasteiger partial charge on any atom is -0.300 e. The summed E-state index contributed by atoms with van der Waals surface area (Å²) < 4.78 is 0. The summed E-state index contributed by atoms with van der Waals surface area (Å²) >= 11 is 0. The van der Waals surface area contributed by atoms with Crippen LogP contribution in [0.1, 0.15) is 61.3 Å². The standard InChI is InChI=1S/C19H39N3/c1-17(2,3)21-10-8-19(7,9-11-21)16-20-12-14-22(15-13-20)18(4,5)6/h8-16H2,1-7H3. The molecule has 0 unspecified atom stereocenters. The maximum atomic E-state index is 2.72. The van der Waals surface area contributed by atoms with Crippen LogP contribution >= 0.6 is 0 Å². The zero-order valence-electron chi connectivity index (χ0n) is 16.2. The molecule has 0 bridgehead atoms. The third-order valence-electron chi connectivity index (χ3n) is 5.85. The van der Waals surface area contributed by atoms with Crippen molar-refractivity contribution < 1.29 is 0 Å². The van der Waals surface area contributed by atoms with Gasteiger partial charge in [0.05, 0.1) is 0 Å². The van der Waals surface area contributed by atoms with E-state index in [0.717, 1.165) is 0 Å². The molecule has 2 fully saturated rings. The molecule has 3 nitrogen and oxygen atoms in total. The molecule has 130 valence electrons. The minimum absolute atomic E-state index is 0.327. The van der Waals surface area contributed by atoms with Crippen LogP contribution in [0.2, 0.25) is 0 Å². The van der Waals surface area contributed by atoms with E-state index < -0.39 is 0 Å². The van der Waals surface area contributed by atoms with Crippen LogP contribution in [0.5, 0.6) is 0 Å². The highest BCUT2D eigenvalue weighted by Crippen LogP contribution is 2.34. The van der Waals surface area contributed by atoms with Gasteiger partial charge in [-0.1, -0.05) is 6.92 Å². The molecule has 0 amide bonds. The van der Waals surface area contributed by atoms with Crippen LogP contribution in [0.3, 0.4) is 0 Å². The second-order valence-corrected chi connectivity index (χ2v) is 9.90. The monoisotopic (exact) mass is 309 g/mol. The Kier molecular flexibility index (Phi) is 5.31. The molecule has 2 aliphatic heterocycles. The highest BCUT2D eigenvalue weighted by molar-refractivity contribution is 4.91. The van der Waals surface area contributed by atoms with Crippen LogP contribution in [-0.4, -0.2) is 71.6 Å². The molecular formula is C19H39N3. The fourth-order valence-electron chi connectivity index (χ4n) is 3.99. The van der Waals surface area contributed by atoms with Gasteiger partial charge in [-0.15, -0.1) is 0 Å². The van der Waals surface area contributed by atoms with Gasteiger partial charge in [-0.05, 0) is 72.9 Å². The summed E-state index contributed by atoms with van der Waals surface area (Å²) in [5, 5.41) is 0. The average molecular weight is 310 g/mol. The van der Waals surface area contributed by atoms with Gasteiger partial charge in [-0.2, -0.15) is 0 Å². The van der Waals surface area contributed by atoms with Gasteiger partial charge in [0.2, 0.25) is 0 Å². The number of nitrogens with zero attached hydrogens (tertiary/aromatic N) is 3. The Hall–Kier alpha value is -0.120. The highest BCUT2D eigenvalue weighted by atomic mass is 15.3. The molecular weight excluding hydrogens is 270 g/mol. The summed E-state index contributed by atoms with van der Waals surface area (Å²) in [5.41, 5.74) is 1.18. The maximum Gasteiger partial charge on any atom is 0.0126 e. The molecule has 2 rings (SSSR count). The lowest BCUT2D eigenvalue weighted by Gasteiger charge is -2.48. The number of piperidine rings is 1. The summed E-state index contributed by atoms with van der Waals surface area (Å²) in [7, 11) is 0. The Morgan fingerprint density at radius 2 is 1.09 bits per heavy atom. The Bertz CT molecular complexity index is 348. The van der Waals surface area contributed by atoms with Gasteiger partial charge in [0.15, 0.2) is 0 Å². The normalized spacial score (nSPS) is 26.3. The largest absolute Gasteiger partial charge is 0.300 e. The number of rotatable bonds is 2. The van der Waals surface area contributed by atoms with E-state index in [-0.39, 0.29) is 0 Å². The first-order chi connectivity index (χ1) is 10.00. The SMILES string of the molecule is CC1(CN2CCN(C(C)(C)C)CC2)CCN(C(C)(C)C)CC1. The van der Waals surface area contributed by atoms with Crippen LogP contribution in [0.25, 0.3) is 0 Å². The second-order valence-electron chi connectivity index (χ2n) is 9.90. The Morgan fingerprint density at radius 1 is 0.682 bits per heavy atom. The predicted molar refractivity (Wildman–Crippen MR) is 96.4 cm³/mol. The van der Waals surface area contributed by atoms with E-state index in [0.29, 0.717) is 16.5 Å². The van der Waals surface area contributed by atoms with Gasteiger partial charge in [-0.3, -0.25) is 9.80 Å². The smallest absolute Gasteiger partial charge is 0.0126 e. The third kappa shape index (κ3) is 4.69. The lowest BCUT2D eigenvalue weighted by molar-refractivity contribution is 0.00648. The maximum absolute atomic E-state index is 2.72. The lowest BCUT2D eigenvalue weighted by atomic mass is 9.78. The Balaban J connectivity index is 1.80. The van der Waals surface area contributed by atoms with E-state index in [2.05, 4.69) is 63.2 Å².